The van der Waals surface area contributed by atoms with Crippen LogP contribution in [-0.2, 0) is 13.6 Å². The fourth-order valence-corrected chi connectivity index (χ4v) is 2.75. The normalized spacial score (nSPS) is 19.5. The lowest BCUT2D eigenvalue weighted by Crippen LogP contribution is -2.45. The van der Waals surface area contributed by atoms with Crippen LogP contribution >= 0.6 is 0 Å². The van der Waals surface area contributed by atoms with Crippen molar-refractivity contribution >= 4 is 5.69 Å². The Labute approximate surface area is 119 Å². The molecule has 1 unspecified atom stereocenters. The second-order valence-electron chi connectivity index (χ2n) is 5.57. The molecule has 1 atom stereocenters. The number of nitrogens with zero attached hydrogens (tertiary/aromatic N) is 4. The first-order chi connectivity index (χ1) is 9.72. The van der Waals surface area contributed by atoms with Gasteiger partial charge in [-0.1, -0.05) is 0 Å². The number of aromatic nitrogens is 4. The number of aryl methyl sites for hydroxylation is 2. The number of hydrogen-bond acceptors (Lipinski definition) is 4. The van der Waals surface area contributed by atoms with Gasteiger partial charge in [0.05, 0.1) is 23.8 Å². The van der Waals surface area contributed by atoms with Crippen molar-refractivity contribution in [2.75, 3.05) is 18.0 Å². The van der Waals surface area contributed by atoms with Crippen LogP contribution in [0.4, 0.5) is 5.69 Å². The first-order valence-electron chi connectivity index (χ1n) is 7.18. The van der Waals surface area contributed by atoms with Crippen LogP contribution in [0.3, 0.4) is 0 Å². The molecule has 0 spiro atoms. The third-order valence-corrected chi connectivity index (χ3v) is 3.98. The molecular formula is C14H22N6. The fraction of sp³-hybridized carbons (Fsp3) is 0.571. The van der Waals surface area contributed by atoms with E-state index in [0.29, 0.717) is 6.04 Å². The largest absolute Gasteiger partial charge is 0.367 e. The van der Waals surface area contributed by atoms with Gasteiger partial charge in [0, 0.05) is 38.9 Å². The van der Waals surface area contributed by atoms with Crippen molar-refractivity contribution in [1.82, 2.24) is 25.3 Å². The monoisotopic (exact) mass is 274 g/mol. The van der Waals surface area contributed by atoms with Crippen molar-refractivity contribution in [3.05, 3.63) is 29.8 Å². The van der Waals surface area contributed by atoms with Gasteiger partial charge >= 0.3 is 0 Å². The van der Waals surface area contributed by atoms with Gasteiger partial charge in [-0.05, 0) is 25.3 Å². The lowest BCUT2D eigenvalue weighted by molar-refractivity contribution is 0.419. The van der Waals surface area contributed by atoms with Crippen LogP contribution in [-0.4, -0.2) is 39.1 Å². The number of rotatable bonds is 4. The zero-order valence-electron chi connectivity index (χ0n) is 12.1. The second-order valence-corrected chi connectivity index (χ2v) is 5.57. The van der Waals surface area contributed by atoms with Gasteiger partial charge < -0.3 is 10.2 Å². The SMILES string of the molecule is Cc1cn[nH]c1CNC1CCCN(c2cnn(C)c2)C1. The highest BCUT2D eigenvalue weighted by Gasteiger charge is 2.20. The number of H-pyrrole nitrogens is 1. The Balaban J connectivity index is 1.57. The van der Waals surface area contributed by atoms with E-state index in [0.717, 1.165) is 19.6 Å². The van der Waals surface area contributed by atoms with E-state index >= 15 is 0 Å². The first kappa shape index (κ1) is 13.2. The Morgan fingerprint density at radius 3 is 3.05 bits per heavy atom. The summed E-state index contributed by atoms with van der Waals surface area (Å²) in [7, 11) is 1.96. The summed E-state index contributed by atoms with van der Waals surface area (Å²) >= 11 is 0. The summed E-state index contributed by atoms with van der Waals surface area (Å²) in [6.07, 6.45) is 8.35. The van der Waals surface area contributed by atoms with Gasteiger partial charge in [0.25, 0.3) is 0 Å². The zero-order valence-corrected chi connectivity index (χ0v) is 12.1. The van der Waals surface area contributed by atoms with Gasteiger partial charge in [-0.25, -0.2) is 0 Å². The predicted octanol–water partition coefficient (Wildman–Crippen LogP) is 1.21. The fourth-order valence-electron chi connectivity index (χ4n) is 2.75. The molecule has 3 heterocycles. The molecule has 2 aromatic rings. The van der Waals surface area contributed by atoms with Crippen LogP contribution in [0.5, 0.6) is 0 Å². The third kappa shape index (κ3) is 2.85. The average molecular weight is 274 g/mol. The highest BCUT2D eigenvalue weighted by Crippen LogP contribution is 2.19. The van der Waals surface area contributed by atoms with E-state index in [1.54, 1.807) is 0 Å². The number of aromatic amines is 1. The van der Waals surface area contributed by atoms with Crippen LogP contribution in [0.15, 0.2) is 18.6 Å². The molecule has 0 aromatic carbocycles. The molecule has 20 heavy (non-hydrogen) atoms. The minimum atomic E-state index is 0.520. The molecule has 2 N–H and O–H groups in total. The lowest BCUT2D eigenvalue weighted by atomic mass is 10.1. The van der Waals surface area contributed by atoms with Crippen molar-refractivity contribution in [3.8, 4) is 0 Å². The van der Waals surface area contributed by atoms with Gasteiger partial charge in [-0.3, -0.25) is 9.78 Å². The standard InChI is InChI=1S/C14H22N6/c1-11-6-16-18-14(11)8-15-12-4-3-5-20(9-12)13-7-17-19(2)10-13/h6-7,10,12,15H,3-5,8-9H2,1-2H3,(H,16,18). The molecule has 0 amide bonds. The summed E-state index contributed by atoms with van der Waals surface area (Å²) in [4.78, 5) is 2.41. The summed E-state index contributed by atoms with van der Waals surface area (Å²) in [5.74, 6) is 0. The molecule has 1 saturated heterocycles. The maximum absolute atomic E-state index is 4.26. The molecule has 0 saturated carbocycles. The number of nitrogens with one attached hydrogen (secondary N) is 2. The van der Waals surface area contributed by atoms with Gasteiger partial charge in [-0.2, -0.15) is 10.2 Å². The van der Waals surface area contributed by atoms with Crippen molar-refractivity contribution in [2.45, 2.75) is 32.4 Å². The molecule has 1 aliphatic heterocycles. The van der Waals surface area contributed by atoms with Gasteiger partial charge in [-0.15, -0.1) is 0 Å². The molecule has 2 aromatic heterocycles. The van der Waals surface area contributed by atoms with Gasteiger partial charge in [0.2, 0.25) is 0 Å². The Bertz CT molecular complexity index is 558. The van der Waals surface area contributed by atoms with Gasteiger partial charge in [0.15, 0.2) is 0 Å². The van der Waals surface area contributed by atoms with E-state index in [1.807, 2.05) is 24.1 Å². The molecule has 6 heteroatoms. The van der Waals surface area contributed by atoms with Crippen molar-refractivity contribution in [2.24, 2.45) is 7.05 Å². The smallest absolute Gasteiger partial charge is 0.0752 e. The average Bonchev–Trinajstić information content (AvgIpc) is 3.06. The highest BCUT2D eigenvalue weighted by molar-refractivity contribution is 5.43. The molecule has 108 valence electrons. The number of anilines is 1. The molecule has 0 radical (unpaired) electrons. The molecule has 3 rings (SSSR count). The van der Waals surface area contributed by atoms with Crippen LogP contribution in [0.1, 0.15) is 24.1 Å². The van der Waals surface area contributed by atoms with E-state index in [-0.39, 0.29) is 0 Å². The second kappa shape index (κ2) is 5.66. The molecule has 1 fully saturated rings. The Hall–Kier alpha value is -1.82. The maximum Gasteiger partial charge on any atom is 0.0752 e. The molecule has 0 aliphatic carbocycles. The summed E-state index contributed by atoms with van der Waals surface area (Å²) < 4.78 is 1.86. The van der Waals surface area contributed by atoms with Gasteiger partial charge in [0.1, 0.15) is 0 Å². The van der Waals surface area contributed by atoms with E-state index in [4.69, 9.17) is 0 Å². The van der Waals surface area contributed by atoms with Crippen LogP contribution in [0.25, 0.3) is 0 Å². The Kier molecular flexibility index (Phi) is 3.73. The van der Waals surface area contributed by atoms with Crippen molar-refractivity contribution in [3.63, 3.8) is 0 Å². The van der Waals surface area contributed by atoms with E-state index < -0.39 is 0 Å². The van der Waals surface area contributed by atoms with E-state index in [1.165, 1.54) is 29.8 Å². The summed E-state index contributed by atoms with van der Waals surface area (Å²) in [5.41, 5.74) is 3.62. The quantitative estimate of drug-likeness (QED) is 0.880. The van der Waals surface area contributed by atoms with Crippen LogP contribution in [0.2, 0.25) is 0 Å². The van der Waals surface area contributed by atoms with Crippen LogP contribution < -0.4 is 10.2 Å². The first-order valence-corrected chi connectivity index (χ1v) is 7.18. The Morgan fingerprint density at radius 1 is 1.45 bits per heavy atom. The summed E-state index contributed by atoms with van der Waals surface area (Å²) in [6, 6.07) is 0.520. The molecular weight excluding hydrogens is 252 g/mol. The summed E-state index contributed by atoms with van der Waals surface area (Å²) in [5, 5.41) is 15.0. The third-order valence-electron chi connectivity index (χ3n) is 3.98. The molecule has 1 aliphatic rings. The molecule has 6 nitrogen and oxygen atoms in total. The zero-order chi connectivity index (χ0) is 13.9. The minimum absolute atomic E-state index is 0.520. The number of piperidine rings is 1. The minimum Gasteiger partial charge on any atom is -0.367 e. The lowest BCUT2D eigenvalue weighted by Gasteiger charge is -2.34. The summed E-state index contributed by atoms with van der Waals surface area (Å²) in [6.45, 7) is 5.10. The highest BCUT2D eigenvalue weighted by atomic mass is 15.3. The van der Waals surface area contributed by atoms with Crippen molar-refractivity contribution < 1.29 is 0 Å². The Morgan fingerprint density at radius 2 is 2.35 bits per heavy atom. The van der Waals surface area contributed by atoms with Crippen molar-refractivity contribution in [1.29, 1.82) is 0 Å². The predicted molar refractivity (Wildman–Crippen MR) is 78.6 cm³/mol. The topological polar surface area (TPSA) is 61.8 Å². The van der Waals surface area contributed by atoms with Crippen LogP contribution in [0, 0.1) is 6.92 Å². The van der Waals surface area contributed by atoms with E-state index in [2.05, 4.69) is 38.6 Å². The van der Waals surface area contributed by atoms with E-state index in [9.17, 15) is 0 Å². The molecule has 0 bridgehead atoms. The number of hydrogen-bond donors (Lipinski definition) is 2. The maximum atomic E-state index is 4.26.